The van der Waals surface area contributed by atoms with Crippen molar-refractivity contribution in [1.29, 1.82) is 0 Å². The molecule has 0 saturated heterocycles. The predicted octanol–water partition coefficient (Wildman–Crippen LogP) is 8.11. The Balaban J connectivity index is 1.73. The van der Waals surface area contributed by atoms with Gasteiger partial charge in [-0.2, -0.15) is 26.3 Å². The van der Waals surface area contributed by atoms with E-state index in [1.807, 2.05) is 0 Å². The van der Waals surface area contributed by atoms with Gasteiger partial charge in [-0.15, -0.1) is 0 Å². The van der Waals surface area contributed by atoms with E-state index in [-0.39, 0.29) is 38.2 Å². The fraction of sp³-hybridized carbons (Fsp3) is 0.214. The second-order valence-corrected chi connectivity index (χ2v) is 10.1. The Morgan fingerprint density at radius 1 is 0.927 bits per heavy atom. The standard InChI is InChI=1S/C28H18Cl2F6O5/c1-13(19-6-4-17(11-23(19)29)41-18-5-7-20(25(38)39)24(30)12-18)26(40,28(34,35)36)15-3-2-14-8-16(37)10-22(21(14)9-15)27(31,32)33/h2-7,9-13,40H,8H2,1H3,(H,38,39)/t13-,26-/m1/s1. The number of halogens is 8. The number of carbonyl (C=O) groups excluding carboxylic acids is 1. The number of aliphatic hydroxyl groups is 1. The second kappa shape index (κ2) is 10.7. The lowest BCUT2D eigenvalue weighted by atomic mass is 9.76. The molecule has 0 aromatic heterocycles. The van der Waals surface area contributed by atoms with Crippen LogP contribution in [0.5, 0.6) is 11.5 Å². The van der Waals surface area contributed by atoms with E-state index in [0.29, 0.717) is 12.1 Å². The first kappa shape index (κ1) is 30.4. The average molecular weight is 619 g/mol. The van der Waals surface area contributed by atoms with Crippen molar-refractivity contribution in [2.45, 2.75) is 37.2 Å². The minimum atomic E-state index is -5.37. The van der Waals surface area contributed by atoms with Crippen LogP contribution in [0.25, 0.3) is 5.57 Å². The molecule has 0 heterocycles. The fourth-order valence-corrected chi connectivity index (χ4v) is 5.19. The number of allylic oxidation sites excluding steroid dienone is 2. The third-order valence-electron chi connectivity index (χ3n) is 6.72. The number of ether oxygens (including phenoxy) is 1. The summed E-state index contributed by atoms with van der Waals surface area (Å²) in [6, 6.07) is 9.67. The largest absolute Gasteiger partial charge is 0.478 e. The summed E-state index contributed by atoms with van der Waals surface area (Å²) in [5.41, 5.74) is -7.10. The molecule has 2 atom stereocenters. The minimum Gasteiger partial charge on any atom is -0.478 e. The topological polar surface area (TPSA) is 83.8 Å². The molecular formula is C28H18Cl2F6O5. The third-order valence-corrected chi connectivity index (χ3v) is 7.36. The Labute approximate surface area is 238 Å². The molecule has 4 rings (SSSR count). The van der Waals surface area contributed by atoms with Crippen LogP contribution in [-0.4, -0.2) is 34.3 Å². The molecule has 1 aliphatic rings. The fourth-order valence-electron chi connectivity index (χ4n) is 4.61. The highest BCUT2D eigenvalue weighted by atomic mass is 35.5. The number of carboxylic acids is 1. The molecule has 216 valence electrons. The number of hydrogen-bond donors (Lipinski definition) is 2. The van der Waals surface area contributed by atoms with Gasteiger partial charge in [0.25, 0.3) is 0 Å². The van der Waals surface area contributed by atoms with Gasteiger partial charge < -0.3 is 14.9 Å². The molecule has 0 radical (unpaired) electrons. The van der Waals surface area contributed by atoms with Crippen molar-refractivity contribution in [3.63, 3.8) is 0 Å². The molecular weight excluding hydrogens is 601 g/mol. The van der Waals surface area contributed by atoms with E-state index in [9.17, 15) is 41.0 Å². The summed E-state index contributed by atoms with van der Waals surface area (Å²) in [6.45, 7) is 1.02. The molecule has 5 nitrogen and oxygen atoms in total. The molecule has 0 saturated carbocycles. The lowest BCUT2D eigenvalue weighted by Gasteiger charge is -2.37. The number of hydrogen-bond acceptors (Lipinski definition) is 4. The number of fused-ring (bicyclic) bond motifs is 1. The first-order valence-electron chi connectivity index (χ1n) is 11.7. The van der Waals surface area contributed by atoms with Crippen molar-refractivity contribution in [2.75, 3.05) is 0 Å². The predicted molar refractivity (Wildman–Crippen MR) is 137 cm³/mol. The van der Waals surface area contributed by atoms with Crippen LogP contribution in [0.2, 0.25) is 10.0 Å². The SMILES string of the molecule is C[C@H](c1ccc(Oc2ccc(C(=O)O)c(Cl)c2)cc1Cl)[C@@](O)(c1ccc2c(c1)C(C(F)(F)F)=CC(=O)C2)C(F)(F)F. The molecule has 1 aliphatic carbocycles. The molecule has 0 spiro atoms. The van der Waals surface area contributed by atoms with Crippen molar-refractivity contribution in [1.82, 2.24) is 0 Å². The second-order valence-electron chi connectivity index (χ2n) is 9.29. The molecule has 0 fully saturated rings. The number of ketones is 1. The lowest BCUT2D eigenvalue weighted by molar-refractivity contribution is -0.274. The van der Waals surface area contributed by atoms with Gasteiger partial charge in [0.05, 0.1) is 16.2 Å². The summed E-state index contributed by atoms with van der Waals surface area (Å²) in [4.78, 5) is 22.9. The zero-order valence-electron chi connectivity index (χ0n) is 20.7. The van der Waals surface area contributed by atoms with Crippen molar-refractivity contribution in [3.8, 4) is 11.5 Å². The van der Waals surface area contributed by atoms with Gasteiger partial charge in [-0.3, -0.25) is 4.79 Å². The average Bonchev–Trinajstić information content (AvgIpc) is 2.85. The maximum atomic E-state index is 14.5. The Hall–Kier alpha value is -3.54. The summed E-state index contributed by atoms with van der Waals surface area (Å²) in [6.07, 6.45) is -10.5. The van der Waals surface area contributed by atoms with E-state index in [2.05, 4.69) is 0 Å². The number of alkyl halides is 6. The molecule has 0 unspecified atom stereocenters. The van der Waals surface area contributed by atoms with Crippen molar-refractivity contribution in [3.05, 3.63) is 98.5 Å². The number of carboxylic acid groups (broad SMARTS) is 1. The normalized spacial score (nSPS) is 16.0. The third kappa shape index (κ3) is 5.79. The Morgan fingerprint density at radius 3 is 2.07 bits per heavy atom. The molecule has 0 bridgehead atoms. The van der Waals surface area contributed by atoms with E-state index in [0.717, 1.165) is 31.2 Å². The number of carbonyl (C=O) groups is 2. The van der Waals surface area contributed by atoms with Crippen LogP contribution >= 0.6 is 23.2 Å². The van der Waals surface area contributed by atoms with Crippen molar-refractivity contribution < 1.29 is 50.9 Å². The van der Waals surface area contributed by atoms with Crippen molar-refractivity contribution >= 4 is 40.5 Å². The van der Waals surface area contributed by atoms with Crippen LogP contribution in [-0.2, 0) is 16.8 Å². The summed E-state index contributed by atoms with van der Waals surface area (Å²) in [5.74, 6) is -3.80. The number of rotatable bonds is 6. The zero-order chi connectivity index (χ0) is 30.5. The highest BCUT2D eigenvalue weighted by molar-refractivity contribution is 6.33. The minimum absolute atomic E-state index is 0.0408. The molecule has 2 N–H and O–H groups in total. The van der Waals surface area contributed by atoms with Crippen LogP contribution in [0.1, 0.15) is 45.5 Å². The molecule has 3 aromatic rings. The Morgan fingerprint density at radius 2 is 1.54 bits per heavy atom. The van der Waals surface area contributed by atoms with Gasteiger partial charge in [0.2, 0.25) is 0 Å². The highest BCUT2D eigenvalue weighted by Crippen LogP contribution is 2.51. The van der Waals surface area contributed by atoms with Crippen LogP contribution in [0.4, 0.5) is 26.3 Å². The van der Waals surface area contributed by atoms with E-state index < -0.39 is 58.7 Å². The summed E-state index contributed by atoms with van der Waals surface area (Å²) < 4.78 is 90.0. The molecule has 0 aliphatic heterocycles. The molecule has 0 amide bonds. The Kier molecular flexibility index (Phi) is 7.94. The van der Waals surface area contributed by atoms with Crippen LogP contribution in [0.3, 0.4) is 0 Å². The first-order chi connectivity index (χ1) is 18.9. The monoisotopic (exact) mass is 618 g/mol. The van der Waals surface area contributed by atoms with Crippen molar-refractivity contribution in [2.24, 2.45) is 0 Å². The van der Waals surface area contributed by atoms with Crippen LogP contribution in [0, 0.1) is 0 Å². The maximum Gasteiger partial charge on any atom is 0.422 e. The molecule has 3 aromatic carbocycles. The van der Waals surface area contributed by atoms with Gasteiger partial charge in [-0.05, 0) is 58.7 Å². The van der Waals surface area contributed by atoms with Gasteiger partial charge in [0.15, 0.2) is 11.4 Å². The first-order valence-corrected chi connectivity index (χ1v) is 12.4. The summed E-state index contributed by atoms with van der Waals surface area (Å²) >= 11 is 12.2. The smallest absolute Gasteiger partial charge is 0.422 e. The van der Waals surface area contributed by atoms with Gasteiger partial charge in [-0.25, -0.2) is 4.79 Å². The summed E-state index contributed by atoms with van der Waals surface area (Å²) in [5, 5.41) is 19.9. The van der Waals surface area contributed by atoms with Crippen LogP contribution in [0.15, 0.2) is 60.7 Å². The van der Waals surface area contributed by atoms with E-state index in [4.69, 9.17) is 33.0 Å². The van der Waals surface area contributed by atoms with E-state index in [1.54, 1.807) is 0 Å². The van der Waals surface area contributed by atoms with Gasteiger partial charge >= 0.3 is 18.3 Å². The maximum absolute atomic E-state index is 14.5. The molecule has 13 heteroatoms. The molecule has 41 heavy (non-hydrogen) atoms. The zero-order valence-corrected chi connectivity index (χ0v) is 22.2. The van der Waals surface area contributed by atoms with Gasteiger partial charge in [0.1, 0.15) is 11.5 Å². The lowest BCUT2D eigenvalue weighted by Crippen LogP contribution is -2.46. The van der Waals surface area contributed by atoms with E-state index in [1.165, 1.54) is 24.3 Å². The van der Waals surface area contributed by atoms with Crippen LogP contribution < -0.4 is 4.74 Å². The Bertz CT molecular complexity index is 1580. The van der Waals surface area contributed by atoms with E-state index >= 15 is 0 Å². The highest BCUT2D eigenvalue weighted by Gasteiger charge is 2.59. The number of aromatic carboxylic acids is 1. The quantitative estimate of drug-likeness (QED) is 0.273. The number of benzene rings is 3. The summed E-state index contributed by atoms with van der Waals surface area (Å²) in [7, 11) is 0. The van der Waals surface area contributed by atoms with Gasteiger partial charge in [0, 0.05) is 23.4 Å². The van der Waals surface area contributed by atoms with Gasteiger partial charge in [-0.1, -0.05) is 48.3 Å².